The fraction of sp³-hybridized carbons (Fsp3) is 0.381. The van der Waals surface area contributed by atoms with Gasteiger partial charge < -0.3 is 15.2 Å². The number of amides is 1. The molecule has 29 heavy (non-hydrogen) atoms. The van der Waals surface area contributed by atoms with Crippen LogP contribution in [-0.4, -0.2) is 43.4 Å². The summed E-state index contributed by atoms with van der Waals surface area (Å²) in [5, 5.41) is 12.6. The molecule has 0 heterocycles. The summed E-state index contributed by atoms with van der Waals surface area (Å²) < 4.78 is 32.3. The molecule has 2 aromatic rings. The van der Waals surface area contributed by atoms with Crippen molar-refractivity contribution in [2.45, 2.75) is 39.5 Å². The lowest BCUT2D eigenvalue weighted by Gasteiger charge is -2.19. The first-order valence-corrected chi connectivity index (χ1v) is 10.9. The Morgan fingerprint density at radius 1 is 1.07 bits per heavy atom. The molecule has 0 radical (unpaired) electrons. The number of sulfonamides is 1. The minimum atomic E-state index is -3.71. The third-order valence-electron chi connectivity index (χ3n) is 4.54. The van der Waals surface area contributed by atoms with Gasteiger partial charge in [0, 0.05) is 13.1 Å². The highest BCUT2D eigenvalue weighted by Crippen LogP contribution is 2.28. The molecule has 0 bridgehead atoms. The molecule has 2 N–H and O–H groups in total. The first-order valence-electron chi connectivity index (χ1n) is 9.43. The second-order valence-electron chi connectivity index (χ2n) is 6.83. The second-order valence-corrected chi connectivity index (χ2v) is 8.77. The van der Waals surface area contributed by atoms with Crippen LogP contribution in [0.3, 0.4) is 0 Å². The van der Waals surface area contributed by atoms with E-state index in [0.29, 0.717) is 18.8 Å². The average Bonchev–Trinajstić information content (AvgIpc) is 2.63. The Bertz CT molecular complexity index is 975. The van der Waals surface area contributed by atoms with Gasteiger partial charge in [-0.3, -0.25) is 4.79 Å². The number of nitrogens with zero attached hydrogens (tertiary/aromatic N) is 1. The lowest BCUT2D eigenvalue weighted by molar-refractivity contribution is -0.118. The molecule has 8 heteroatoms. The highest BCUT2D eigenvalue weighted by Gasteiger charge is 2.23. The summed E-state index contributed by atoms with van der Waals surface area (Å²) in [6, 6.07) is 7.75. The molecule has 2 rings (SSSR count). The molecule has 158 valence electrons. The van der Waals surface area contributed by atoms with E-state index in [1.165, 1.54) is 22.5 Å². The minimum Gasteiger partial charge on any atom is -0.506 e. The van der Waals surface area contributed by atoms with Crippen molar-refractivity contribution >= 4 is 21.6 Å². The molecular weight excluding hydrogens is 392 g/mol. The van der Waals surface area contributed by atoms with Crippen molar-refractivity contribution in [2.24, 2.45) is 0 Å². The summed E-state index contributed by atoms with van der Waals surface area (Å²) in [7, 11) is -3.71. The number of rotatable bonds is 8. The van der Waals surface area contributed by atoms with Gasteiger partial charge in [-0.1, -0.05) is 31.5 Å². The van der Waals surface area contributed by atoms with E-state index in [-0.39, 0.29) is 22.9 Å². The number of aryl methyl sites for hydroxylation is 3. The lowest BCUT2D eigenvalue weighted by Crippen LogP contribution is -2.30. The van der Waals surface area contributed by atoms with Crippen LogP contribution in [0, 0.1) is 20.8 Å². The Balaban J connectivity index is 2.17. The van der Waals surface area contributed by atoms with Gasteiger partial charge in [-0.05, 0) is 50.1 Å². The quantitative estimate of drug-likeness (QED) is 0.639. The number of ether oxygens (including phenoxy) is 1. The number of carbonyl (C=O) groups excluding carboxylic acids is 1. The second kappa shape index (κ2) is 9.28. The van der Waals surface area contributed by atoms with E-state index in [4.69, 9.17) is 4.74 Å². The SMILES string of the molecule is CCN(CC)S(=O)(=O)c1ccc(O)c(NC(=O)COc2c(C)cc(C)cc2C)c1. The molecule has 0 aromatic heterocycles. The molecule has 2 aromatic carbocycles. The van der Waals surface area contributed by atoms with E-state index < -0.39 is 15.9 Å². The molecule has 0 saturated heterocycles. The predicted octanol–water partition coefficient (Wildman–Crippen LogP) is 3.37. The van der Waals surface area contributed by atoms with Crippen molar-refractivity contribution in [1.29, 1.82) is 0 Å². The van der Waals surface area contributed by atoms with Crippen LogP contribution in [0.15, 0.2) is 35.2 Å². The van der Waals surface area contributed by atoms with Crippen LogP contribution in [0.4, 0.5) is 5.69 Å². The number of aromatic hydroxyl groups is 1. The van der Waals surface area contributed by atoms with Gasteiger partial charge in [0.05, 0.1) is 10.6 Å². The molecule has 0 atom stereocenters. The van der Waals surface area contributed by atoms with Gasteiger partial charge in [-0.2, -0.15) is 4.31 Å². The molecule has 0 unspecified atom stereocenters. The Labute approximate surface area is 172 Å². The van der Waals surface area contributed by atoms with E-state index in [9.17, 15) is 18.3 Å². The van der Waals surface area contributed by atoms with E-state index in [0.717, 1.165) is 16.7 Å². The topological polar surface area (TPSA) is 95.9 Å². The number of carbonyl (C=O) groups is 1. The van der Waals surface area contributed by atoms with Crippen LogP contribution < -0.4 is 10.1 Å². The predicted molar refractivity (Wildman–Crippen MR) is 113 cm³/mol. The van der Waals surface area contributed by atoms with Crippen molar-refractivity contribution in [1.82, 2.24) is 4.31 Å². The Morgan fingerprint density at radius 2 is 1.66 bits per heavy atom. The maximum absolute atomic E-state index is 12.7. The van der Waals surface area contributed by atoms with Crippen LogP contribution in [0.5, 0.6) is 11.5 Å². The van der Waals surface area contributed by atoms with E-state index >= 15 is 0 Å². The number of benzene rings is 2. The van der Waals surface area contributed by atoms with E-state index in [1.54, 1.807) is 13.8 Å². The third-order valence-corrected chi connectivity index (χ3v) is 6.58. The van der Waals surface area contributed by atoms with Crippen LogP contribution in [0.2, 0.25) is 0 Å². The summed E-state index contributed by atoms with van der Waals surface area (Å²) in [6.07, 6.45) is 0. The van der Waals surface area contributed by atoms with E-state index in [2.05, 4.69) is 5.32 Å². The Hall–Kier alpha value is -2.58. The minimum absolute atomic E-state index is 0.000409. The molecule has 0 aliphatic heterocycles. The number of phenols is 1. The van der Waals surface area contributed by atoms with Gasteiger partial charge in [-0.25, -0.2) is 8.42 Å². The number of anilines is 1. The maximum Gasteiger partial charge on any atom is 0.262 e. The van der Waals surface area contributed by atoms with Gasteiger partial charge >= 0.3 is 0 Å². The zero-order valence-corrected chi connectivity index (χ0v) is 18.3. The molecule has 0 saturated carbocycles. The van der Waals surface area contributed by atoms with Crippen molar-refractivity contribution in [2.75, 3.05) is 25.0 Å². The zero-order valence-electron chi connectivity index (χ0n) is 17.4. The van der Waals surface area contributed by atoms with Crippen LogP contribution in [0.1, 0.15) is 30.5 Å². The number of hydrogen-bond donors (Lipinski definition) is 2. The van der Waals surface area contributed by atoms with Gasteiger partial charge in [0.2, 0.25) is 10.0 Å². The summed E-state index contributed by atoms with van der Waals surface area (Å²) in [6.45, 7) is 9.67. The molecular formula is C21H28N2O5S. The number of hydrogen-bond acceptors (Lipinski definition) is 5. The van der Waals surface area contributed by atoms with Gasteiger partial charge in [0.1, 0.15) is 11.5 Å². The van der Waals surface area contributed by atoms with Crippen molar-refractivity contribution in [3.05, 3.63) is 47.0 Å². The number of nitrogens with one attached hydrogen (secondary N) is 1. The highest BCUT2D eigenvalue weighted by molar-refractivity contribution is 7.89. The monoisotopic (exact) mass is 420 g/mol. The molecule has 0 spiro atoms. The number of phenolic OH excluding ortho intramolecular Hbond substituents is 1. The summed E-state index contributed by atoms with van der Waals surface area (Å²) in [5.74, 6) is -0.0931. The highest BCUT2D eigenvalue weighted by atomic mass is 32.2. The standard InChI is InChI=1S/C21H28N2O5S/c1-6-23(7-2)29(26,27)17-8-9-19(24)18(12-17)22-20(25)13-28-21-15(4)10-14(3)11-16(21)5/h8-12,24H,6-7,13H2,1-5H3,(H,22,25). The van der Waals surface area contributed by atoms with Crippen LogP contribution >= 0.6 is 0 Å². The molecule has 7 nitrogen and oxygen atoms in total. The summed E-state index contributed by atoms with van der Waals surface area (Å²) >= 11 is 0. The van der Waals surface area contributed by atoms with Crippen molar-refractivity contribution in [3.63, 3.8) is 0 Å². The Morgan fingerprint density at radius 3 is 2.21 bits per heavy atom. The Kier molecular flexibility index (Phi) is 7.26. The zero-order chi connectivity index (χ0) is 21.8. The smallest absolute Gasteiger partial charge is 0.262 e. The van der Waals surface area contributed by atoms with Gasteiger partial charge in [0.15, 0.2) is 6.61 Å². The maximum atomic E-state index is 12.7. The molecule has 0 fully saturated rings. The molecule has 1 amide bonds. The largest absolute Gasteiger partial charge is 0.506 e. The van der Waals surface area contributed by atoms with Gasteiger partial charge in [0.25, 0.3) is 5.91 Å². The molecule has 0 aliphatic carbocycles. The third kappa shape index (κ3) is 5.27. The normalized spacial score (nSPS) is 11.5. The van der Waals surface area contributed by atoms with Crippen LogP contribution in [0.25, 0.3) is 0 Å². The van der Waals surface area contributed by atoms with Crippen LogP contribution in [-0.2, 0) is 14.8 Å². The first-order chi connectivity index (χ1) is 13.6. The summed E-state index contributed by atoms with van der Waals surface area (Å²) in [5.41, 5.74) is 2.97. The summed E-state index contributed by atoms with van der Waals surface area (Å²) in [4.78, 5) is 12.3. The average molecular weight is 421 g/mol. The van der Waals surface area contributed by atoms with Gasteiger partial charge in [-0.15, -0.1) is 0 Å². The fourth-order valence-corrected chi connectivity index (χ4v) is 4.69. The van der Waals surface area contributed by atoms with Crippen molar-refractivity contribution in [3.8, 4) is 11.5 Å². The van der Waals surface area contributed by atoms with E-state index in [1.807, 2.05) is 32.9 Å². The molecule has 0 aliphatic rings. The lowest BCUT2D eigenvalue weighted by atomic mass is 10.1. The fourth-order valence-electron chi connectivity index (χ4n) is 3.21. The first kappa shape index (κ1) is 22.7. The van der Waals surface area contributed by atoms with Crippen molar-refractivity contribution < 1.29 is 23.1 Å².